The van der Waals surface area contributed by atoms with Gasteiger partial charge in [0.1, 0.15) is 5.75 Å². The van der Waals surface area contributed by atoms with E-state index in [0.717, 1.165) is 16.2 Å². The maximum Gasteiger partial charge on any atom is 0.290 e. The van der Waals surface area contributed by atoms with Crippen LogP contribution in [0.15, 0.2) is 63.0 Å². The van der Waals surface area contributed by atoms with Gasteiger partial charge >= 0.3 is 0 Å². The first-order chi connectivity index (χ1) is 11.7. The van der Waals surface area contributed by atoms with E-state index < -0.39 is 0 Å². The first-order valence-corrected chi connectivity index (χ1v) is 9.03. The van der Waals surface area contributed by atoms with Gasteiger partial charge in [-0.25, -0.2) is 0 Å². The second-order valence-electron chi connectivity index (χ2n) is 5.16. The topological polar surface area (TPSA) is 42.7 Å². The number of thiophene rings is 1. The van der Waals surface area contributed by atoms with E-state index in [0.29, 0.717) is 23.5 Å². The van der Waals surface area contributed by atoms with Crippen molar-refractivity contribution in [1.29, 1.82) is 0 Å². The lowest BCUT2D eigenvalue weighted by atomic mass is 10.1. The van der Waals surface area contributed by atoms with Crippen molar-refractivity contribution in [3.05, 3.63) is 74.8 Å². The molecule has 1 aromatic carbocycles. The third kappa shape index (κ3) is 3.88. The van der Waals surface area contributed by atoms with Gasteiger partial charge in [0, 0.05) is 10.4 Å². The minimum absolute atomic E-state index is 0.153. The van der Waals surface area contributed by atoms with Crippen molar-refractivity contribution in [2.75, 3.05) is 7.11 Å². The summed E-state index contributed by atoms with van der Waals surface area (Å²) in [6.07, 6.45) is 0. The van der Waals surface area contributed by atoms with Crippen LogP contribution in [-0.4, -0.2) is 17.9 Å². The van der Waals surface area contributed by atoms with Gasteiger partial charge in [0.25, 0.3) is 5.91 Å². The zero-order chi connectivity index (χ0) is 16.9. The van der Waals surface area contributed by atoms with Gasteiger partial charge in [-0.05, 0) is 45.6 Å². The molecular formula is C18H16BrNO3S. The largest absolute Gasteiger partial charge is 0.496 e. The van der Waals surface area contributed by atoms with Crippen LogP contribution in [0.3, 0.4) is 0 Å². The molecule has 0 atom stereocenters. The average molecular weight is 406 g/mol. The number of benzene rings is 1. The lowest BCUT2D eigenvalue weighted by molar-refractivity contribution is 0.0697. The van der Waals surface area contributed by atoms with Crippen molar-refractivity contribution in [2.45, 2.75) is 13.1 Å². The van der Waals surface area contributed by atoms with Crippen molar-refractivity contribution in [1.82, 2.24) is 4.90 Å². The maximum atomic E-state index is 12.9. The number of carbonyl (C=O) groups excluding carboxylic acids is 1. The van der Waals surface area contributed by atoms with Crippen LogP contribution in [0.5, 0.6) is 5.75 Å². The van der Waals surface area contributed by atoms with E-state index in [9.17, 15) is 4.79 Å². The predicted octanol–water partition coefficient (Wildman–Crippen LogP) is 4.95. The number of hydrogen-bond donors (Lipinski definition) is 0. The Bertz CT molecular complexity index is 813. The van der Waals surface area contributed by atoms with Crippen LogP contribution in [0.4, 0.5) is 0 Å². The molecule has 0 spiro atoms. The molecule has 3 rings (SSSR count). The zero-order valence-electron chi connectivity index (χ0n) is 13.1. The van der Waals surface area contributed by atoms with E-state index in [1.54, 1.807) is 35.5 Å². The Labute approximate surface area is 152 Å². The summed E-state index contributed by atoms with van der Waals surface area (Å²) in [6.45, 7) is 0.964. The molecule has 1 amide bonds. The van der Waals surface area contributed by atoms with Gasteiger partial charge in [-0.2, -0.15) is 0 Å². The van der Waals surface area contributed by atoms with Crippen LogP contribution >= 0.6 is 27.3 Å². The first kappa shape index (κ1) is 16.8. The summed E-state index contributed by atoms with van der Waals surface area (Å²) in [4.78, 5) is 15.7. The molecule has 124 valence electrons. The average Bonchev–Trinajstić information content (AvgIpc) is 3.25. The molecule has 0 aliphatic heterocycles. The summed E-state index contributed by atoms with van der Waals surface area (Å²) in [5.41, 5.74) is 0.954. The Hall–Kier alpha value is -2.05. The number of para-hydroxylation sites is 1. The summed E-state index contributed by atoms with van der Waals surface area (Å²) < 4.78 is 11.4. The lowest BCUT2D eigenvalue weighted by Crippen LogP contribution is -2.29. The second kappa shape index (κ2) is 7.68. The normalized spacial score (nSPS) is 10.6. The lowest BCUT2D eigenvalue weighted by Gasteiger charge is -2.22. The van der Waals surface area contributed by atoms with Crippen molar-refractivity contribution >= 4 is 33.2 Å². The molecule has 0 saturated carbocycles. The van der Waals surface area contributed by atoms with Crippen LogP contribution < -0.4 is 4.74 Å². The Morgan fingerprint density at radius 3 is 2.67 bits per heavy atom. The summed E-state index contributed by atoms with van der Waals surface area (Å²) in [7, 11) is 1.63. The fourth-order valence-corrected chi connectivity index (χ4v) is 3.44. The molecule has 0 aliphatic rings. The third-order valence-corrected chi connectivity index (χ3v) is 4.84. The van der Waals surface area contributed by atoms with Crippen molar-refractivity contribution in [2.24, 2.45) is 0 Å². The molecule has 0 fully saturated rings. The number of hydrogen-bond acceptors (Lipinski definition) is 4. The van der Waals surface area contributed by atoms with E-state index in [-0.39, 0.29) is 5.91 Å². The molecule has 0 N–H and O–H groups in total. The Morgan fingerprint density at radius 2 is 2.00 bits per heavy atom. The molecule has 2 aromatic heterocycles. The van der Waals surface area contributed by atoms with Gasteiger partial charge in [0.05, 0.1) is 20.2 Å². The van der Waals surface area contributed by atoms with Crippen LogP contribution in [0, 0.1) is 0 Å². The molecular weight excluding hydrogens is 390 g/mol. The van der Waals surface area contributed by atoms with E-state index in [4.69, 9.17) is 9.15 Å². The van der Waals surface area contributed by atoms with Crippen molar-refractivity contribution in [3.63, 3.8) is 0 Å². The molecule has 0 unspecified atom stereocenters. The highest BCUT2D eigenvalue weighted by Crippen LogP contribution is 2.24. The van der Waals surface area contributed by atoms with Gasteiger partial charge in [-0.15, -0.1) is 11.3 Å². The standard InChI is InChI=1S/C18H16BrNO3S/c1-22-15-7-3-2-5-13(15)11-20(12-14-6-4-10-24-14)18(21)16-8-9-17(19)23-16/h2-10H,11-12H2,1H3. The minimum atomic E-state index is -0.153. The van der Waals surface area contributed by atoms with Crippen LogP contribution in [0.25, 0.3) is 0 Å². The molecule has 3 aromatic rings. The number of methoxy groups -OCH3 is 1. The number of amides is 1. The highest BCUT2D eigenvalue weighted by molar-refractivity contribution is 9.10. The summed E-state index contributed by atoms with van der Waals surface area (Å²) in [5.74, 6) is 0.926. The first-order valence-electron chi connectivity index (χ1n) is 7.36. The fraction of sp³-hybridized carbons (Fsp3) is 0.167. The number of rotatable bonds is 6. The Balaban J connectivity index is 1.88. The molecule has 24 heavy (non-hydrogen) atoms. The molecule has 6 heteroatoms. The quantitative estimate of drug-likeness (QED) is 0.582. The third-order valence-electron chi connectivity index (χ3n) is 3.55. The molecule has 2 heterocycles. The van der Waals surface area contributed by atoms with Crippen molar-refractivity contribution in [3.8, 4) is 5.75 Å². The smallest absolute Gasteiger partial charge is 0.290 e. The van der Waals surface area contributed by atoms with E-state index in [2.05, 4.69) is 15.9 Å². The number of ether oxygens (including phenoxy) is 1. The summed E-state index contributed by atoms with van der Waals surface area (Å²) in [6, 6.07) is 15.1. The zero-order valence-corrected chi connectivity index (χ0v) is 15.5. The maximum absolute atomic E-state index is 12.9. The molecule has 0 saturated heterocycles. The van der Waals surface area contributed by atoms with E-state index in [1.807, 2.05) is 41.8 Å². The SMILES string of the molecule is COc1ccccc1CN(Cc1cccs1)C(=O)c1ccc(Br)o1. The summed E-state index contributed by atoms with van der Waals surface area (Å²) in [5, 5.41) is 2.00. The predicted molar refractivity (Wildman–Crippen MR) is 97.3 cm³/mol. The Kier molecular flexibility index (Phi) is 5.37. The highest BCUT2D eigenvalue weighted by atomic mass is 79.9. The molecule has 4 nitrogen and oxygen atoms in total. The van der Waals surface area contributed by atoms with Crippen LogP contribution in [0.2, 0.25) is 0 Å². The van der Waals surface area contributed by atoms with Crippen LogP contribution in [-0.2, 0) is 13.1 Å². The monoisotopic (exact) mass is 405 g/mol. The number of halogens is 1. The molecule has 0 aliphatic carbocycles. The fourth-order valence-electron chi connectivity index (χ4n) is 2.41. The number of carbonyl (C=O) groups is 1. The van der Waals surface area contributed by atoms with Gasteiger partial charge in [0.2, 0.25) is 0 Å². The molecule has 0 bridgehead atoms. The van der Waals surface area contributed by atoms with Gasteiger partial charge in [-0.3, -0.25) is 4.79 Å². The highest BCUT2D eigenvalue weighted by Gasteiger charge is 2.21. The van der Waals surface area contributed by atoms with E-state index >= 15 is 0 Å². The van der Waals surface area contributed by atoms with Crippen LogP contribution in [0.1, 0.15) is 21.0 Å². The minimum Gasteiger partial charge on any atom is -0.496 e. The molecule has 0 radical (unpaired) electrons. The Morgan fingerprint density at radius 1 is 1.17 bits per heavy atom. The van der Waals surface area contributed by atoms with Gasteiger partial charge < -0.3 is 14.1 Å². The number of nitrogens with zero attached hydrogens (tertiary/aromatic N) is 1. The van der Waals surface area contributed by atoms with Gasteiger partial charge in [-0.1, -0.05) is 24.3 Å². The van der Waals surface area contributed by atoms with E-state index in [1.165, 1.54) is 0 Å². The van der Waals surface area contributed by atoms with Gasteiger partial charge in [0.15, 0.2) is 10.4 Å². The summed E-state index contributed by atoms with van der Waals surface area (Å²) >= 11 is 4.87. The second-order valence-corrected chi connectivity index (χ2v) is 6.97. The van der Waals surface area contributed by atoms with Crippen molar-refractivity contribution < 1.29 is 13.9 Å². The number of furan rings is 1.